The third kappa shape index (κ3) is 4.34. The van der Waals surface area contributed by atoms with E-state index in [0.29, 0.717) is 19.6 Å². The maximum absolute atomic E-state index is 12.6. The van der Waals surface area contributed by atoms with Gasteiger partial charge in [0.15, 0.2) is 0 Å². The third-order valence-corrected chi connectivity index (χ3v) is 6.09. The maximum Gasteiger partial charge on any atom is 0.329 e. The lowest BCUT2D eigenvalue weighted by molar-refractivity contribution is -0.146. The molecule has 31 heavy (non-hydrogen) atoms. The van der Waals surface area contributed by atoms with Gasteiger partial charge in [-0.15, -0.1) is 0 Å². The summed E-state index contributed by atoms with van der Waals surface area (Å²) in [6.45, 7) is 0.898. The summed E-state index contributed by atoms with van der Waals surface area (Å²) in [7, 11) is 3.99. The standard InChI is InChI=1S/C23H27N3O5/c1-24(2)18-5-3-16(4-6-18)19-7-8-20(27)26-11-15-9-17(23(19)26)12-25(10-15)21(28)13-31-14-22(29)30/h3-8,15,17H,9-14H2,1-2H3,(H,29,30)/t15-,17+/m0/s1. The molecule has 1 N–H and O–H groups in total. The van der Waals surface area contributed by atoms with E-state index in [0.717, 1.165) is 28.9 Å². The molecule has 8 heteroatoms. The molecule has 2 atom stereocenters. The molecule has 0 aliphatic carbocycles. The lowest BCUT2D eigenvalue weighted by Gasteiger charge is -2.43. The fraction of sp³-hybridized carbons (Fsp3) is 0.435. The summed E-state index contributed by atoms with van der Waals surface area (Å²) in [6, 6.07) is 11.7. The Morgan fingerprint density at radius 3 is 2.48 bits per heavy atom. The van der Waals surface area contributed by atoms with Crippen molar-refractivity contribution in [2.75, 3.05) is 45.3 Å². The molecular formula is C23H27N3O5. The van der Waals surface area contributed by atoms with Crippen LogP contribution in [0.25, 0.3) is 11.1 Å². The number of carboxylic acid groups (broad SMARTS) is 1. The second-order valence-corrected chi connectivity index (χ2v) is 8.51. The second-order valence-electron chi connectivity index (χ2n) is 8.51. The number of benzene rings is 1. The van der Waals surface area contributed by atoms with Crippen LogP contribution >= 0.6 is 0 Å². The van der Waals surface area contributed by atoms with Gasteiger partial charge in [0, 0.05) is 62.7 Å². The van der Waals surface area contributed by atoms with Crippen molar-refractivity contribution < 1.29 is 19.4 Å². The third-order valence-electron chi connectivity index (χ3n) is 6.09. The first kappa shape index (κ1) is 21.1. The highest BCUT2D eigenvalue weighted by molar-refractivity contribution is 5.78. The second kappa shape index (κ2) is 8.55. The van der Waals surface area contributed by atoms with Crippen molar-refractivity contribution in [3.8, 4) is 11.1 Å². The molecule has 1 aromatic heterocycles. The molecule has 4 rings (SSSR count). The monoisotopic (exact) mass is 425 g/mol. The van der Waals surface area contributed by atoms with Gasteiger partial charge in [0.1, 0.15) is 13.2 Å². The number of pyridine rings is 1. The number of aromatic nitrogens is 1. The van der Waals surface area contributed by atoms with Gasteiger partial charge in [-0.1, -0.05) is 12.1 Å². The Hall–Kier alpha value is -3.13. The quantitative estimate of drug-likeness (QED) is 0.756. The molecule has 8 nitrogen and oxygen atoms in total. The largest absolute Gasteiger partial charge is 0.480 e. The molecule has 0 radical (unpaired) electrons. The van der Waals surface area contributed by atoms with E-state index < -0.39 is 12.6 Å². The van der Waals surface area contributed by atoms with Crippen molar-refractivity contribution in [2.45, 2.75) is 18.9 Å². The van der Waals surface area contributed by atoms with Crippen LogP contribution < -0.4 is 10.5 Å². The van der Waals surface area contributed by atoms with E-state index in [4.69, 9.17) is 9.84 Å². The van der Waals surface area contributed by atoms with Crippen LogP contribution in [0.2, 0.25) is 0 Å². The van der Waals surface area contributed by atoms with Crippen molar-refractivity contribution >= 4 is 17.6 Å². The first-order valence-electron chi connectivity index (χ1n) is 10.4. The number of likely N-dealkylation sites (tertiary alicyclic amines) is 1. The molecule has 2 aromatic rings. The van der Waals surface area contributed by atoms with E-state index in [1.165, 1.54) is 0 Å². The minimum Gasteiger partial charge on any atom is -0.480 e. The Bertz CT molecular complexity index is 1040. The van der Waals surface area contributed by atoms with Crippen LogP contribution in [0.4, 0.5) is 5.69 Å². The van der Waals surface area contributed by atoms with Crippen molar-refractivity contribution in [3.05, 3.63) is 52.4 Å². The van der Waals surface area contributed by atoms with Gasteiger partial charge < -0.3 is 24.2 Å². The van der Waals surface area contributed by atoms with Crippen molar-refractivity contribution in [1.29, 1.82) is 0 Å². The topological polar surface area (TPSA) is 92.1 Å². The Balaban J connectivity index is 1.62. The smallest absolute Gasteiger partial charge is 0.329 e. The zero-order valence-corrected chi connectivity index (χ0v) is 17.8. The van der Waals surface area contributed by atoms with Gasteiger partial charge >= 0.3 is 5.97 Å². The highest BCUT2D eigenvalue weighted by atomic mass is 16.5. The van der Waals surface area contributed by atoms with E-state index in [2.05, 4.69) is 24.3 Å². The number of piperidine rings is 1. The summed E-state index contributed by atoms with van der Waals surface area (Å²) in [5.74, 6) is -1.06. The molecular weight excluding hydrogens is 398 g/mol. The first-order valence-corrected chi connectivity index (χ1v) is 10.4. The highest BCUT2D eigenvalue weighted by Crippen LogP contribution is 2.40. The number of hydrogen-bond donors (Lipinski definition) is 1. The zero-order valence-electron chi connectivity index (χ0n) is 17.8. The number of anilines is 1. The molecule has 164 valence electrons. The van der Waals surface area contributed by atoms with Crippen LogP contribution in [0, 0.1) is 5.92 Å². The number of carbonyl (C=O) groups excluding carboxylic acids is 1. The fourth-order valence-corrected chi connectivity index (χ4v) is 4.72. The lowest BCUT2D eigenvalue weighted by atomic mass is 9.80. The lowest BCUT2D eigenvalue weighted by Crippen LogP contribution is -2.50. The van der Waals surface area contributed by atoms with Crippen LogP contribution in [-0.4, -0.2) is 66.8 Å². The summed E-state index contributed by atoms with van der Waals surface area (Å²) in [5.41, 5.74) is 4.13. The van der Waals surface area contributed by atoms with Gasteiger partial charge in [-0.2, -0.15) is 0 Å². The van der Waals surface area contributed by atoms with Crippen molar-refractivity contribution in [2.24, 2.45) is 5.92 Å². The molecule has 1 amide bonds. The number of ether oxygens (including phenoxy) is 1. The predicted molar refractivity (Wildman–Crippen MR) is 116 cm³/mol. The Morgan fingerprint density at radius 2 is 1.81 bits per heavy atom. The van der Waals surface area contributed by atoms with Gasteiger partial charge in [-0.3, -0.25) is 9.59 Å². The van der Waals surface area contributed by atoms with E-state index in [1.807, 2.05) is 29.6 Å². The summed E-state index contributed by atoms with van der Waals surface area (Å²) < 4.78 is 6.87. The molecule has 0 spiro atoms. The Morgan fingerprint density at radius 1 is 1.06 bits per heavy atom. The molecule has 3 heterocycles. The van der Waals surface area contributed by atoms with Crippen molar-refractivity contribution in [3.63, 3.8) is 0 Å². The molecule has 0 unspecified atom stereocenters. The minimum atomic E-state index is -1.10. The van der Waals surface area contributed by atoms with E-state index in [1.54, 1.807) is 11.0 Å². The van der Waals surface area contributed by atoms with Gasteiger partial charge in [0.25, 0.3) is 5.56 Å². The molecule has 0 saturated carbocycles. The highest BCUT2D eigenvalue weighted by Gasteiger charge is 2.37. The van der Waals surface area contributed by atoms with Crippen LogP contribution in [0.5, 0.6) is 0 Å². The molecule has 2 aliphatic rings. The summed E-state index contributed by atoms with van der Waals surface area (Å²) >= 11 is 0. The van der Waals surface area contributed by atoms with E-state index in [9.17, 15) is 14.4 Å². The molecule has 2 aliphatic heterocycles. The number of fused-ring (bicyclic) bond motifs is 4. The van der Waals surface area contributed by atoms with Crippen LogP contribution in [0.15, 0.2) is 41.2 Å². The maximum atomic E-state index is 12.6. The van der Waals surface area contributed by atoms with E-state index >= 15 is 0 Å². The molecule has 1 fully saturated rings. The summed E-state index contributed by atoms with van der Waals surface area (Å²) in [5, 5.41) is 8.70. The first-order chi connectivity index (χ1) is 14.8. The van der Waals surface area contributed by atoms with E-state index in [-0.39, 0.29) is 29.9 Å². The Kier molecular flexibility index (Phi) is 5.82. The van der Waals surface area contributed by atoms with Crippen LogP contribution in [-0.2, 0) is 20.9 Å². The number of aliphatic carboxylic acids is 1. The fourth-order valence-electron chi connectivity index (χ4n) is 4.72. The van der Waals surface area contributed by atoms with Crippen LogP contribution in [0.1, 0.15) is 18.0 Å². The number of carboxylic acids is 1. The Labute approximate surface area is 180 Å². The number of hydrogen-bond acceptors (Lipinski definition) is 5. The molecule has 1 saturated heterocycles. The van der Waals surface area contributed by atoms with Gasteiger partial charge in [0.2, 0.25) is 5.91 Å². The number of rotatable bonds is 6. The number of amides is 1. The molecule has 1 aromatic carbocycles. The average Bonchev–Trinajstić information content (AvgIpc) is 2.74. The SMILES string of the molecule is CN(C)c1ccc(-c2ccc(=O)n3c2[C@@H]2C[C@@H](CN(C(=O)COCC(=O)O)C2)C3)cc1. The zero-order chi connectivity index (χ0) is 22.1. The van der Waals surface area contributed by atoms with Crippen LogP contribution in [0.3, 0.4) is 0 Å². The normalized spacial score (nSPS) is 19.6. The van der Waals surface area contributed by atoms with Crippen molar-refractivity contribution in [1.82, 2.24) is 9.47 Å². The van der Waals surface area contributed by atoms with Gasteiger partial charge in [-0.05, 0) is 36.1 Å². The number of nitrogens with zero attached hydrogens (tertiary/aromatic N) is 3. The predicted octanol–water partition coefficient (Wildman–Crippen LogP) is 1.63. The minimum absolute atomic E-state index is 0.0112. The van der Waals surface area contributed by atoms with Gasteiger partial charge in [0.05, 0.1) is 0 Å². The van der Waals surface area contributed by atoms with Gasteiger partial charge in [-0.25, -0.2) is 4.79 Å². The molecule has 2 bridgehead atoms. The number of carbonyl (C=O) groups is 2. The summed E-state index contributed by atoms with van der Waals surface area (Å²) in [6.07, 6.45) is 0.923. The summed E-state index contributed by atoms with van der Waals surface area (Å²) in [4.78, 5) is 39.6. The average molecular weight is 425 g/mol.